The summed E-state index contributed by atoms with van der Waals surface area (Å²) in [5.74, 6) is -0.0101. The molecule has 0 fully saturated rings. The lowest BCUT2D eigenvalue weighted by Crippen LogP contribution is -2.44. The minimum absolute atomic E-state index is 0.00840. The molecule has 0 spiro atoms. The van der Waals surface area contributed by atoms with Crippen molar-refractivity contribution in [2.24, 2.45) is 5.41 Å². The molecular formula is C28H39F3INO2Si. The highest BCUT2D eigenvalue weighted by Crippen LogP contribution is 2.50. The first-order chi connectivity index (χ1) is 16.2. The molecule has 36 heavy (non-hydrogen) atoms. The van der Waals surface area contributed by atoms with Gasteiger partial charge in [0.1, 0.15) is 6.10 Å². The van der Waals surface area contributed by atoms with Gasteiger partial charge in [0.2, 0.25) is 0 Å². The first-order valence-corrected chi connectivity index (χ1v) is 16.5. The largest absolute Gasteiger partial charge is 0.416 e. The van der Waals surface area contributed by atoms with Gasteiger partial charge in [-0.25, -0.2) is 0 Å². The van der Waals surface area contributed by atoms with Crippen molar-refractivity contribution in [3.05, 3.63) is 61.5 Å². The van der Waals surface area contributed by atoms with Crippen molar-refractivity contribution in [1.82, 2.24) is 4.98 Å². The van der Waals surface area contributed by atoms with Crippen LogP contribution in [0.4, 0.5) is 13.2 Å². The Morgan fingerprint density at radius 2 is 1.78 bits per heavy atom. The van der Waals surface area contributed by atoms with Gasteiger partial charge in [0, 0.05) is 20.4 Å². The molecule has 1 unspecified atom stereocenters. The topological polar surface area (TPSA) is 42.4 Å². The Bertz CT molecular complexity index is 1120. The molecule has 0 saturated heterocycles. The number of halogens is 4. The SMILES string of the molecule is CC(C)c1nc2c(c(I)c1[C@H](O)c1cccc(C(F)(F)F)c1)C(O[Si](C)(C)C(C)(C)C)CC(C)(C)C2. The van der Waals surface area contributed by atoms with Crippen molar-refractivity contribution in [2.45, 2.75) is 104 Å². The zero-order valence-electron chi connectivity index (χ0n) is 22.8. The summed E-state index contributed by atoms with van der Waals surface area (Å²) < 4.78 is 48.1. The van der Waals surface area contributed by atoms with Crippen LogP contribution in [0.2, 0.25) is 18.1 Å². The number of rotatable bonds is 5. The number of hydrogen-bond acceptors (Lipinski definition) is 3. The molecule has 200 valence electrons. The lowest BCUT2D eigenvalue weighted by molar-refractivity contribution is -0.137. The monoisotopic (exact) mass is 633 g/mol. The number of nitrogens with zero attached hydrogens (tertiary/aromatic N) is 1. The van der Waals surface area contributed by atoms with E-state index in [1.165, 1.54) is 6.07 Å². The Hall–Kier alpha value is -0.973. The van der Waals surface area contributed by atoms with E-state index < -0.39 is 26.2 Å². The maximum absolute atomic E-state index is 13.4. The van der Waals surface area contributed by atoms with Gasteiger partial charge in [0.05, 0.1) is 17.4 Å². The molecular weight excluding hydrogens is 594 g/mol. The van der Waals surface area contributed by atoms with E-state index in [0.29, 0.717) is 5.56 Å². The fourth-order valence-corrected chi connectivity index (χ4v) is 7.12. The number of aromatic nitrogens is 1. The van der Waals surface area contributed by atoms with Crippen molar-refractivity contribution in [3.8, 4) is 0 Å². The molecule has 0 saturated carbocycles. The van der Waals surface area contributed by atoms with E-state index in [-0.39, 0.29) is 28.0 Å². The van der Waals surface area contributed by atoms with Crippen LogP contribution in [0.3, 0.4) is 0 Å². The highest BCUT2D eigenvalue weighted by atomic mass is 127. The minimum atomic E-state index is -4.48. The molecule has 1 aromatic carbocycles. The Labute approximate surface area is 228 Å². The van der Waals surface area contributed by atoms with E-state index in [1.807, 2.05) is 13.8 Å². The van der Waals surface area contributed by atoms with Crippen LogP contribution in [-0.4, -0.2) is 18.4 Å². The van der Waals surface area contributed by atoms with Crippen LogP contribution in [-0.2, 0) is 17.0 Å². The summed E-state index contributed by atoms with van der Waals surface area (Å²) in [7, 11) is -2.14. The first-order valence-electron chi connectivity index (χ1n) is 12.5. The predicted molar refractivity (Wildman–Crippen MR) is 150 cm³/mol. The van der Waals surface area contributed by atoms with Gasteiger partial charge < -0.3 is 9.53 Å². The third-order valence-electron chi connectivity index (χ3n) is 7.61. The summed E-state index contributed by atoms with van der Waals surface area (Å²) >= 11 is 2.26. The smallest absolute Gasteiger partial charge is 0.410 e. The van der Waals surface area contributed by atoms with Crippen molar-refractivity contribution < 1.29 is 22.7 Å². The number of aliphatic hydroxyl groups excluding tert-OH is 1. The van der Waals surface area contributed by atoms with E-state index in [9.17, 15) is 18.3 Å². The van der Waals surface area contributed by atoms with E-state index >= 15 is 0 Å². The lowest BCUT2D eigenvalue weighted by Gasteiger charge is -2.44. The molecule has 0 radical (unpaired) electrons. The second-order valence-corrected chi connectivity index (χ2v) is 18.5. The highest BCUT2D eigenvalue weighted by Gasteiger charge is 2.44. The number of alkyl halides is 3. The van der Waals surface area contributed by atoms with Gasteiger partial charge in [-0.15, -0.1) is 0 Å². The molecule has 1 aliphatic rings. The van der Waals surface area contributed by atoms with Gasteiger partial charge >= 0.3 is 6.18 Å². The van der Waals surface area contributed by atoms with Crippen molar-refractivity contribution in [3.63, 3.8) is 0 Å². The number of benzene rings is 1. The molecule has 0 aliphatic heterocycles. The molecule has 1 N–H and O–H groups in total. The summed E-state index contributed by atoms with van der Waals surface area (Å²) in [6.45, 7) is 19.6. The summed E-state index contributed by atoms with van der Waals surface area (Å²) in [6.07, 6.45) is -4.28. The summed E-state index contributed by atoms with van der Waals surface area (Å²) in [4.78, 5) is 5.08. The van der Waals surface area contributed by atoms with E-state index in [4.69, 9.17) is 9.41 Å². The van der Waals surface area contributed by atoms with Crippen LogP contribution in [0.1, 0.15) is 107 Å². The fraction of sp³-hybridized carbons (Fsp3) is 0.607. The van der Waals surface area contributed by atoms with E-state index in [1.54, 1.807) is 6.07 Å². The van der Waals surface area contributed by atoms with Crippen LogP contribution in [0, 0.1) is 8.99 Å². The second-order valence-electron chi connectivity index (χ2n) is 12.7. The number of fused-ring (bicyclic) bond motifs is 1. The molecule has 1 aromatic heterocycles. The Morgan fingerprint density at radius 1 is 1.17 bits per heavy atom. The second kappa shape index (κ2) is 9.97. The molecule has 1 aliphatic carbocycles. The average molecular weight is 634 g/mol. The third kappa shape index (κ3) is 6.02. The molecule has 8 heteroatoms. The molecule has 0 amide bonds. The molecule has 3 nitrogen and oxygen atoms in total. The summed E-state index contributed by atoms with van der Waals surface area (Å²) in [6, 6.07) is 4.96. The van der Waals surface area contributed by atoms with Gasteiger partial charge in [0.15, 0.2) is 8.32 Å². The molecule has 3 rings (SSSR count). The van der Waals surface area contributed by atoms with E-state index in [2.05, 4.69) is 70.3 Å². The van der Waals surface area contributed by atoms with Crippen LogP contribution in [0.25, 0.3) is 0 Å². The number of pyridine rings is 1. The summed E-state index contributed by atoms with van der Waals surface area (Å²) in [5, 5.41) is 11.5. The van der Waals surface area contributed by atoms with Crippen LogP contribution >= 0.6 is 22.6 Å². The minimum Gasteiger partial charge on any atom is -0.410 e. The number of hydrogen-bond donors (Lipinski definition) is 1. The Morgan fingerprint density at radius 3 is 2.31 bits per heavy atom. The van der Waals surface area contributed by atoms with Crippen LogP contribution in [0.5, 0.6) is 0 Å². The van der Waals surface area contributed by atoms with Gasteiger partial charge in [0.25, 0.3) is 0 Å². The normalized spacial score (nSPS) is 19.4. The highest BCUT2D eigenvalue weighted by molar-refractivity contribution is 14.1. The Kier molecular flexibility index (Phi) is 8.19. The van der Waals surface area contributed by atoms with Gasteiger partial charge in [-0.3, -0.25) is 4.98 Å². The van der Waals surface area contributed by atoms with Gasteiger partial charge in [-0.1, -0.05) is 60.6 Å². The average Bonchev–Trinajstić information content (AvgIpc) is 2.70. The van der Waals surface area contributed by atoms with E-state index in [0.717, 1.165) is 45.5 Å². The van der Waals surface area contributed by atoms with Crippen LogP contribution < -0.4 is 0 Å². The van der Waals surface area contributed by atoms with Crippen molar-refractivity contribution >= 4 is 30.9 Å². The fourth-order valence-electron chi connectivity index (χ4n) is 4.63. The van der Waals surface area contributed by atoms with Crippen LogP contribution in [0.15, 0.2) is 24.3 Å². The zero-order chi connectivity index (χ0) is 27.4. The first kappa shape index (κ1) is 29.6. The predicted octanol–water partition coefficient (Wildman–Crippen LogP) is 8.95. The van der Waals surface area contributed by atoms with Gasteiger partial charge in [-0.05, 0) is 82.6 Å². The molecule has 2 atom stereocenters. The maximum Gasteiger partial charge on any atom is 0.416 e. The van der Waals surface area contributed by atoms with Gasteiger partial charge in [-0.2, -0.15) is 13.2 Å². The quantitative estimate of drug-likeness (QED) is 0.264. The van der Waals surface area contributed by atoms with Crippen molar-refractivity contribution in [2.75, 3.05) is 0 Å². The zero-order valence-corrected chi connectivity index (χ0v) is 25.9. The molecule has 0 bridgehead atoms. The molecule has 2 aromatic rings. The molecule has 1 heterocycles. The Balaban J connectivity index is 2.22. The van der Waals surface area contributed by atoms with Crippen molar-refractivity contribution in [1.29, 1.82) is 0 Å². The summed E-state index contributed by atoms with van der Waals surface area (Å²) in [5.41, 5.74) is 2.72. The lowest BCUT2D eigenvalue weighted by atomic mass is 9.74. The number of aliphatic hydroxyl groups is 1. The standard InChI is InChI=1S/C28H39F3INO2Si/c1-16(2)24-22(25(34)17-11-10-12-18(13-17)28(29,30)31)23(32)21-19(33-24)14-27(6,7)15-20(21)35-36(8,9)26(3,4)5/h10-13,16,20,25,34H,14-15H2,1-9H3/t20?,25-/m1/s1. The third-order valence-corrected chi connectivity index (χ3v) is 13.3. The maximum atomic E-state index is 13.4.